The summed E-state index contributed by atoms with van der Waals surface area (Å²) in [5.41, 5.74) is 1.31. The average molecular weight is 356 g/mol. The van der Waals surface area contributed by atoms with Gasteiger partial charge in [-0.2, -0.15) is 5.10 Å². The van der Waals surface area contributed by atoms with Crippen LogP contribution >= 0.6 is 0 Å². The van der Waals surface area contributed by atoms with Crippen LogP contribution in [-0.4, -0.2) is 51.6 Å². The van der Waals surface area contributed by atoms with Gasteiger partial charge in [-0.1, -0.05) is 6.07 Å². The van der Waals surface area contributed by atoms with Gasteiger partial charge in [0.2, 0.25) is 5.88 Å². The van der Waals surface area contributed by atoms with E-state index in [9.17, 15) is 0 Å². The summed E-state index contributed by atoms with van der Waals surface area (Å²) < 4.78 is 14.0. The highest BCUT2D eigenvalue weighted by Gasteiger charge is 2.52. The highest BCUT2D eigenvalue weighted by molar-refractivity contribution is 5.11. The van der Waals surface area contributed by atoms with Crippen LogP contribution in [0.5, 0.6) is 5.88 Å². The lowest BCUT2D eigenvalue weighted by Crippen LogP contribution is -2.64. The van der Waals surface area contributed by atoms with Gasteiger partial charge in [-0.15, -0.1) is 0 Å². The predicted molar refractivity (Wildman–Crippen MR) is 99.0 cm³/mol. The lowest BCUT2D eigenvalue weighted by molar-refractivity contribution is -0.138. The topological polar surface area (TPSA) is 52.4 Å². The molecule has 4 rings (SSSR count). The molecular weight excluding hydrogens is 328 g/mol. The molecule has 2 aliphatic rings. The molecule has 2 saturated heterocycles. The first-order chi connectivity index (χ1) is 12.6. The minimum Gasteiger partial charge on any atom is -0.478 e. The number of rotatable bonds is 7. The van der Waals surface area contributed by atoms with Crippen molar-refractivity contribution in [1.82, 2.24) is 19.7 Å². The molecule has 0 saturated carbocycles. The SMILES string of the molecule is CC(C)n1cc(CN2CC3(C2)OCCC3CCOc2ccccn2)cn1. The number of nitrogens with zero attached hydrogens (tertiary/aromatic N) is 4. The van der Waals surface area contributed by atoms with Gasteiger partial charge < -0.3 is 9.47 Å². The van der Waals surface area contributed by atoms with Crippen molar-refractivity contribution < 1.29 is 9.47 Å². The number of hydrogen-bond donors (Lipinski definition) is 0. The van der Waals surface area contributed by atoms with Gasteiger partial charge in [0.1, 0.15) is 0 Å². The van der Waals surface area contributed by atoms with E-state index in [1.807, 2.05) is 29.1 Å². The third kappa shape index (κ3) is 3.62. The predicted octanol–water partition coefficient (Wildman–Crippen LogP) is 2.92. The first-order valence-corrected chi connectivity index (χ1v) is 9.58. The number of aromatic nitrogens is 3. The van der Waals surface area contributed by atoms with Gasteiger partial charge in [-0.05, 0) is 38.7 Å². The fourth-order valence-corrected chi connectivity index (χ4v) is 4.10. The molecular formula is C20H28N4O2. The van der Waals surface area contributed by atoms with Crippen molar-refractivity contribution in [2.24, 2.45) is 5.92 Å². The summed E-state index contributed by atoms with van der Waals surface area (Å²) >= 11 is 0. The molecule has 0 aliphatic carbocycles. The lowest BCUT2D eigenvalue weighted by atomic mass is 9.79. The Bertz CT molecular complexity index is 710. The summed E-state index contributed by atoms with van der Waals surface area (Å²) in [5.74, 6) is 1.28. The molecule has 6 nitrogen and oxygen atoms in total. The Kier molecular flexibility index (Phi) is 4.96. The molecule has 6 heteroatoms. The fourth-order valence-electron chi connectivity index (χ4n) is 4.10. The largest absolute Gasteiger partial charge is 0.478 e. The number of likely N-dealkylation sites (tertiary alicyclic amines) is 1. The Labute approximate surface area is 155 Å². The second-order valence-corrected chi connectivity index (χ2v) is 7.77. The Morgan fingerprint density at radius 1 is 1.35 bits per heavy atom. The van der Waals surface area contributed by atoms with Crippen LogP contribution in [0.2, 0.25) is 0 Å². The summed E-state index contributed by atoms with van der Waals surface area (Å²) in [4.78, 5) is 6.67. The molecule has 140 valence electrons. The van der Waals surface area contributed by atoms with Gasteiger partial charge in [0.25, 0.3) is 0 Å². The lowest BCUT2D eigenvalue weighted by Gasteiger charge is -2.50. The van der Waals surface area contributed by atoms with Crippen LogP contribution in [0, 0.1) is 5.92 Å². The molecule has 2 aliphatic heterocycles. The van der Waals surface area contributed by atoms with Gasteiger partial charge in [-0.25, -0.2) is 4.98 Å². The van der Waals surface area contributed by atoms with Crippen LogP contribution < -0.4 is 4.74 Å². The zero-order valence-electron chi connectivity index (χ0n) is 15.7. The van der Waals surface area contributed by atoms with E-state index in [4.69, 9.17) is 9.47 Å². The fraction of sp³-hybridized carbons (Fsp3) is 0.600. The van der Waals surface area contributed by atoms with E-state index in [0.717, 1.165) is 39.1 Å². The molecule has 0 radical (unpaired) electrons. The van der Waals surface area contributed by atoms with Crippen LogP contribution in [-0.2, 0) is 11.3 Å². The van der Waals surface area contributed by atoms with Crippen molar-refractivity contribution >= 4 is 0 Å². The van der Waals surface area contributed by atoms with E-state index in [0.29, 0.717) is 24.4 Å². The maximum atomic E-state index is 6.17. The normalized spacial score (nSPS) is 22.0. The van der Waals surface area contributed by atoms with Crippen LogP contribution in [0.3, 0.4) is 0 Å². The summed E-state index contributed by atoms with van der Waals surface area (Å²) in [6, 6.07) is 6.17. The third-order valence-electron chi connectivity index (χ3n) is 5.53. The van der Waals surface area contributed by atoms with E-state index < -0.39 is 0 Å². The molecule has 26 heavy (non-hydrogen) atoms. The minimum atomic E-state index is 0.0293. The van der Waals surface area contributed by atoms with Crippen molar-refractivity contribution in [2.75, 3.05) is 26.3 Å². The van der Waals surface area contributed by atoms with E-state index in [1.165, 1.54) is 5.56 Å². The summed E-state index contributed by atoms with van der Waals surface area (Å²) in [7, 11) is 0. The zero-order chi connectivity index (χ0) is 18.0. The van der Waals surface area contributed by atoms with Crippen LogP contribution in [0.1, 0.15) is 38.3 Å². The quantitative estimate of drug-likeness (QED) is 0.763. The van der Waals surface area contributed by atoms with Gasteiger partial charge >= 0.3 is 0 Å². The Morgan fingerprint density at radius 2 is 2.23 bits per heavy atom. The molecule has 1 unspecified atom stereocenters. The van der Waals surface area contributed by atoms with Crippen molar-refractivity contribution in [2.45, 2.75) is 44.9 Å². The zero-order valence-corrected chi connectivity index (χ0v) is 15.7. The van der Waals surface area contributed by atoms with Gasteiger partial charge in [0.05, 0.1) is 18.4 Å². The first kappa shape index (κ1) is 17.5. The first-order valence-electron chi connectivity index (χ1n) is 9.58. The standard InChI is InChI=1S/C20H28N4O2/c1-16(2)24-13-17(11-22-24)12-23-14-20(15-23)18(7-10-26-20)6-9-25-19-5-3-4-8-21-19/h3-5,8,11,13,16,18H,6-7,9-10,12,14-15H2,1-2H3. The van der Waals surface area contributed by atoms with Crippen molar-refractivity contribution in [3.05, 3.63) is 42.4 Å². The molecule has 2 aromatic rings. The van der Waals surface area contributed by atoms with Gasteiger partial charge in [-0.3, -0.25) is 9.58 Å². The molecule has 1 atom stereocenters. The maximum absolute atomic E-state index is 6.17. The van der Waals surface area contributed by atoms with Crippen molar-refractivity contribution in [3.63, 3.8) is 0 Å². The third-order valence-corrected chi connectivity index (χ3v) is 5.53. The molecule has 2 fully saturated rings. The molecule has 0 aromatic carbocycles. The summed E-state index contributed by atoms with van der Waals surface area (Å²) in [5, 5.41) is 4.44. The molecule has 1 spiro atoms. The van der Waals surface area contributed by atoms with Crippen LogP contribution in [0.15, 0.2) is 36.8 Å². The Balaban J connectivity index is 1.26. The second kappa shape index (κ2) is 7.37. The number of ether oxygens (including phenoxy) is 2. The smallest absolute Gasteiger partial charge is 0.213 e. The van der Waals surface area contributed by atoms with E-state index in [2.05, 4.69) is 35.0 Å². The van der Waals surface area contributed by atoms with E-state index in [-0.39, 0.29) is 5.60 Å². The Morgan fingerprint density at radius 3 is 2.96 bits per heavy atom. The van der Waals surface area contributed by atoms with E-state index >= 15 is 0 Å². The van der Waals surface area contributed by atoms with Crippen molar-refractivity contribution in [1.29, 1.82) is 0 Å². The maximum Gasteiger partial charge on any atom is 0.213 e. The highest BCUT2D eigenvalue weighted by atomic mass is 16.5. The molecule has 0 N–H and O–H groups in total. The summed E-state index contributed by atoms with van der Waals surface area (Å²) in [6.45, 7) is 8.84. The van der Waals surface area contributed by atoms with Gasteiger partial charge in [0, 0.05) is 56.3 Å². The molecule has 0 bridgehead atoms. The monoisotopic (exact) mass is 356 g/mol. The van der Waals surface area contributed by atoms with Crippen LogP contribution in [0.4, 0.5) is 0 Å². The minimum absolute atomic E-state index is 0.0293. The Hall–Kier alpha value is -1.92. The average Bonchev–Trinajstić information content (AvgIpc) is 3.23. The molecule has 4 heterocycles. The second-order valence-electron chi connectivity index (χ2n) is 7.77. The van der Waals surface area contributed by atoms with Crippen LogP contribution in [0.25, 0.3) is 0 Å². The summed E-state index contributed by atoms with van der Waals surface area (Å²) in [6.07, 6.45) is 8.06. The highest BCUT2D eigenvalue weighted by Crippen LogP contribution is 2.42. The number of pyridine rings is 1. The molecule has 0 amide bonds. The van der Waals surface area contributed by atoms with E-state index in [1.54, 1.807) is 6.20 Å². The number of hydrogen-bond acceptors (Lipinski definition) is 5. The molecule has 2 aromatic heterocycles. The van der Waals surface area contributed by atoms with Crippen molar-refractivity contribution in [3.8, 4) is 5.88 Å². The van der Waals surface area contributed by atoms with Gasteiger partial charge in [0.15, 0.2) is 0 Å².